The second-order valence-electron chi connectivity index (χ2n) is 6.76. The fraction of sp³-hybridized carbons (Fsp3) is 0.526. The minimum atomic E-state index is -1.10. The summed E-state index contributed by atoms with van der Waals surface area (Å²) in [5.41, 5.74) is 0.744. The van der Waals surface area contributed by atoms with E-state index >= 15 is 0 Å². The number of benzene rings is 1. The highest BCUT2D eigenvalue weighted by Gasteiger charge is 2.29. The van der Waals surface area contributed by atoms with Gasteiger partial charge >= 0.3 is 5.97 Å². The maximum absolute atomic E-state index is 12.8. The number of carboxylic acid groups (broad SMARTS) is 1. The molecule has 154 valence electrons. The molecule has 8 nitrogen and oxygen atoms in total. The maximum atomic E-state index is 12.8. The topological polar surface area (TPSA) is 128 Å². The number of aromatic hydroxyl groups is 1. The number of carbonyl (C=O) groups is 3. The predicted molar refractivity (Wildman–Crippen MR) is 107 cm³/mol. The molecule has 9 heteroatoms. The number of hydrogen-bond donors (Lipinski definition) is 5. The number of carbonyl (C=O) groups excluding carboxylic acids is 2. The summed E-state index contributed by atoms with van der Waals surface area (Å²) < 4.78 is 0. The lowest BCUT2D eigenvalue weighted by atomic mass is 10.0. The monoisotopic (exact) mass is 409 g/mol. The summed E-state index contributed by atoms with van der Waals surface area (Å²) >= 11 is 1.50. The van der Waals surface area contributed by atoms with Crippen LogP contribution >= 0.6 is 11.8 Å². The average molecular weight is 410 g/mol. The molecule has 2 rings (SSSR count). The van der Waals surface area contributed by atoms with Gasteiger partial charge in [0.15, 0.2) is 0 Å². The van der Waals surface area contributed by atoms with Crippen molar-refractivity contribution in [3.63, 3.8) is 0 Å². The molecule has 1 fully saturated rings. The van der Waals surface area contributed by atoms with E-state index in [2.05, 4.69) is 16.0 Å². The third-order valence-electron chi connectivity index (χ3n) is 4.61. The summed E-state index contributed by atoms with van der Waals surface area (Å²) in [7, 11) is 0. The van der Waals surface area contributed by atoms with Crippen LogP contribution in [-0.2, 0) is 20.8 Å². The molecule has 1 aliphatic heterocycles. The third-order valence-corrected chi connectivity index (χ3v) is 5.26. The Bertz CT molecular complexity index is 677. The average Bonchev–Trinajstić information content (AvgIpc) is 3.20. The van der Waals surface area contributed by atoms with Gasteiger partial charge in [0.2, 0.25) is 11.8 Å². The lowest BCUT2D eigenvalue weighted by Gasteiger charge is -2.23. The first-order valence-electron chi connectivity index (χ1n) is 9.24. The van der Waals surface area contributed by atoms with Crippen LogP contribution in [0.3, 0.4) is 0 Å². The number of carboxylic acids is 1. The van der Waals surface area contributed by atoms with Gasteiger partial charge in [-0.25, -0.2) is 4.79 Å². The lowest BCUT2D eigenvalue weighted by Crippen LogP contribution is -2.55. The summed E-state index contributed by atoms with van der Waals surface area (Å²) in [6, 6.07) is 4.07. The van der Waals surface area contributed by atoms with Gasteiger partial charge in [-0.1, -0.05) is 12.1 Å². The van der Waals surface area contributed by atoms with Crippen molar-refractivity contribution in [2.24, 2.45) is 0 Å². The highest BCUT2D eigenvalue weighted by molar-refractivity contribution is 7.98. The first kappa shape index (κ1) is 22.0. The zero-order valence-corrected chi connectivity index (χ0v) is 16.6. The van der Waals surface area contributed by atoms with Gasteiger partial charge in [0.25, 0.3) is 0 Å². The fourth-order valence-corrected chi connectivity index (χ4v) is 3.49. The van der Waals surface area contributed by atoms with Crippen LogP contribution in [0.2, 0.25) is 0 Å². The van der Waals surface area contributed by atoms with Crippen LogP contribution < -0.4 is 16.0 Å². The number of amides is 2. The molecule has 1 saturated heterocycles. The van der Waals surface area contributed by atoms with Gasteiger partial charge in [0.05, 0.1) is 6.04 Å². The lowest BCUT2D eigenvalue weighted by molar-refractivity contribution is -0.142. The SMILES string of the molecule is CSCC[C@H](NC(=O)[C@H](Cc1ccc(O)cc1)NC(=O)[C@@H]1CCCN1)C(=O)O. The normalized spacial score (nSPS) is 18.2. The van der Waals surface area contributed by atoms with E-state index in [0.717, 1.165) is 18.5 Å². The van der Waals surface area contributed by atoms with E-state index < -0.39 is 24.0 Å². The minimum Gasteiger partial charge on any atom is -0.508 e. The Labute approximate surface area is 168 Å². The van der Waals surface area contributed by atoms with Crippen molar-refractivity contribution in [1.29, 1.82) is 0 Å². The van der Waals surface area contributed by atoms with Crippen molar-refractivity contribution in [2.45, 2.75) is 43.8 Å². The molecule has 1 aliphatic rings. The van der Waals surface area contributed by atoms with Crippen LogP contribution in [-0.4, -0.2) is 64.7 Å². The van der Waals surface area contributed by atoms with Crippen LogP contribution in [0, 0.1) is 0 Å². The highest BCUT2D eigenvalue weighted by atomic mass is 32.2. The molecular formula is C19H27N3O5S. The van der Waals surface area contributed by atoms with Crippen molar-refractivity contribution in [1.82, 2.24) is 16.0 Å². The predicted octanol–water partition coefficient (Wildman–Crippen LogP) is 0.494. The zero-order chi connectivity index (χ0) is 20.5. The fourth-order valence-electron chi connectivity index (χ4n) is 3.02. The molecule has 0 spiro atoms. The first-order chi connectivity index (χ1) is 13.4. The summed E-state index contributed by atoms with van der Waals surface area (Å²) in [6.07, 6.45) is 3.95. The number of phenols is 1. The second kappa shape index (κ2) is 10.9. The van der Waals surface area contributed by atoms with Crippen LogP contribution in [0.4, 0.5) is 0 Å². The summed E-state index contributed by atoms with van der Waals surface area (Å²) in [4.78, 5) is 36.7. The van der Waals surface area contributed by atoms with Crippen LogP contribution in [0.1, 0.15) is 24.8 Å². The molecule has 0 aliphatic carbocycles. The van der Waals surface area contributed by atoms with Crippen molar-refractivity contribution >= 4 is 29.5 Å². The first-order valence-corrected chi connectivity index (χ1v) is 10.6. The van der Waals surface area contributed by atoms with Gasteiger partial charge in [-0.05, 0) is 55.5 Å². The molecule has 0 radical (unpaired) electrons. The van der Waals surface area contributed by atoms with E-state index in [4.69, 9.17) is 0 Å². The Hall–Kier alpha value is -2.26. The number of hydrogen-bond acceptors (Lipinski definition) is 6. The molecule has 1 aromatic rings. The Kier molecular flexibility index (Phi) is 8.59. The van der Waals surface area contributed by atoms with E-state index in [9.17, 15) is 24.6 Å². The Balaban J connectivity index is 2.10. The van der Waals surface area contributed by atoms with Crippen molar-refractivity contribution in [3.8, 4) is 5.75 Å². The molecular weight excluding hydrogens is 382 g/mol. The molecule has 3 atom stereocenters. The third kappa shape index (κ3) is 6.72. The maximum Gasteiger partial charge on any atom is 0.326 e. The molecule has 0 unspecified atom stereocenters. The standard InChI is InChI=1S/C19H27N3O5S/c1-28-10-8-15(19(26)27)21-18(25)16(11-12-4-6-13(23)7-5-12)22-17(24)14-3-2-9-20-14/h4-7,14-16,20,23H,2-3,8-11H2,1H3,(H,21,25)(H,22,24)(H,26,27)/t14-,15-,16-/m0/s1. The Morgan fingerprint density at radius 1 is 1.21 bits per heavy atom. The van der Waals surface area contributed by atoms with Gasteiger partial charge in [0.1, 0.15) is 17.8 Å². The second-order valence-corrected chi connectivity index (χ2v) is 7.75. The highest BCUT2D eigenvalue weighted by Crippen LogP contribution is 2.13. The van der Waals surface area contributed by atoms with E-state index in [-0.39, 0.29) is 24.1 Å². The number of phenolic OH excluding ortho intramolecular Hbond substituents is 1. The minimum absolute atomic E-state index is 0.104. The van der Waals surface area contributed by atoms with E-state index in [1.54, 1.807) is 12.1 Å². The summed E-state index contributed by atoms with van der Waals surface area (Å²) in [5, 5.41) is 27.2. The number of thioether (sulfide) groups is 1. The van der Waals surface area contributed by atoms with E-state index in [1.165, 1.54) is 23.9 Å². The molecule has 1 aromatic carbocycles. The summed E-state index contributed by atoms with van der Waals surface area (Å²) in [6.45, 7) is 0.753. The van der Waals surface area contributed by atoms with Gasteiger partial charge in [-0.15, -0.1) is 0 Å². The quantitative estimate of drug-likeness (QED) is 0.381. The number of aliphatic carboxylic acids is 1. The Morgan fingerprint density at radius 2 is 1.93 bits per heavy atom. The molecule has 5 N–H and O–H groups in total. The van der Waals surface area contributed by atoms with Crippen molar-refractivity contribution in [2.75, 3.05) is 18.6 Å². The Morgan fingerprint density at radius 3 is 2.50 bits per heavy atom. The van der Waals surface area contributed by atoms with Crippen LogP contribution in [0.25, 0.3) is 0 Å². The number of rotatable bonds is 10. The van der Waals surface area contributed by atoms with E-state index in [0.29, 0.717) is 18.6 Å². The van der Waals surface area contributed by atoms with E-state index in [1.807, 2.05) is 6.26 Å². The molecule has 28 heavy (non-hydrogen) atoms. The molecule has 1 heterocycles. The van der Waals surface area contributed by atoms with Crippen molar-refractivity contribution < 1.29 is 24.6 Å². The zero-order valence-electron chi connectivity index (χ0n) is 15.8. The van der Waals surface area contributed by atoms with Crippen molar-refractivity contribution in [3.05, 3.63) is 29.8 Å². The molecule has 2 amide bonds. The molecule has 0 saturated carbocycles. The number of nitrogens with one attached hydrogen (secondary N) is 3. The van der Waals surface area contributed by atoms with Gasteiger partial charge in [-0.3, -0.25) is 9.59 Å². The van der Waals surface area contributed by atoms with Crippen LogP contribution in [0.5, 0.6) is 5.75 Å². The van der Waals surface area contributed by atoms with Gasteiger partial charge in [-0.2, -0.15) is 11.8 Å². The molecule has 0 aromatic heterocycles. The molecule has 0 bridgehead atoms. The smallest absolute Gasteiger partial charge is 0.326 e. The van der Waals surface area contributed by atoms with Gasteiger partial charge in [0, 0.05) is 6.42 Å². The van der Waals surface area contributed by atoms with Crippen LogP contribution in [0.15, 0.2) is 24.3 Å². The summed E-state index contributed by atoms with van der Waals surface area (Å²) in [5.74, 6) is -1.21. The largest absolute Gasteiger partial charge is 0.508 e. The van der Waals surface area contributed by atoms with Gasteiger partial charge < -0.3 is 26.2 Å².